The average Bonchev–Trinajstić information content (AvgIpc) is 3.23. The van der Waals surface area contributed by atoms with Gasteiger partial charge in [0.25, 0.3) is 0 Å². The molecule has 1 aliphatic carbocycles. The number of carbonyl (C=O) groups excluding carboxylic acids is 2. The lowest BCUT2D eigenvalue weighted by Gasteiger charge is -2.21. The smallest absolute Gasteiger partial charge is 0.230 e. The minimum absolute atomic E-state index is 0.0348. The molecule has 1 saturated carbocycles. The van der Waals surface area contributed by atoms with Crippen LogP contribution in [0.5, 0.6) is 11.5 Å². The lowest BCUT2D eigenvalue weighted by atomic mass is 9.94. The van der Waals surface area contributed by atoms with E-state index in [1.54, 1.807) is 26.0 Å². The average molecular weight is 634 g/mol. The molecule has 0 saturated heterocycles. The predicted octanol–water partition coefficient (Wildman–Crippen LogP) is 6.53. The zero-order valence-electron chi connectivity index (χ0n) is 25.4. The second-order valence-electron chi connectivity index (χ2n) is 11.2. The van der Waals surface area contributed by atoms with Gasteiger partial charge in [0.15, 0.2) is 0 Å². The van der Waals surface area contributed by atoms with Crippen molar-refractivity contribution < 1.29 is 19.1 Å². The van der Waals surface area contributed by atoms with Crippen molar-refractivity contribution in [2.45, 2.75) is 64.2 Å². The monoisotopic (exact) mass is 633 g/mol. The topological polar surface area (TPSA) is 115 Å². The van der Waals surface area contributed by atoms with Gasteiger partial charge in [-0.15, -0.1) is 10.2 Å². The number of carbonyl (C=O) groups is 2. The van der Waals surface area contributed by atoms with Gasteiger partial charge in [0.2, 0.25) is 16.9 Å². The molecule has 2 unspecified atom stereocenters. The van der Waals surface area contributed by atoms with E-state index in [0.29, 0.717) is 11.6 Å². The number of aliphatic imine (C=N–C) groups is 1. The van der Waals surface area contributed by atoms with Crippen LogP contribution in [-0.4, -0.2) is 47.8 Å². The molecule has 2 N–H and O–H groups in total. The molecule has 11 heteroatoms. The van der Waals surface area contributed by atoms with Crippen molar-refractivity contribution in [2.24, 2.45) is 10.9 Å². The van der Waals surface area contributed by atoms with Crippen LogP contribution in [-0.2, 0) is 22.4 Å². The van der Waals surface area contributed by atoms with Gasteiger partial charge in [0.05, 0.1) is 37.1 Å². The number of anilines is 1. The first-order valence-corrected chi connectivity index (χ1v) is 16.6. The fourth-order valence-corrected chi connectivity index (χ4v) is 7.56. The zero-order valence-corrected chi connectivity index (χ0v) is 27.1. The van der Waals surface area contributed by atoms with Crippen molar-refractivity contribution in [3.05, 3.63) is 75.3 Å². The molecule has 5 rings (SSSR count). The molecule has 2 aromatic carbocycles. The van der Waals surface area contributed by atoms with E-state index in [0.717, 1.165) is 88.3 Å². The molecule has 1 aromatic heterocycles. The van der Waals surface area contributed by atoms with E-state index in [9.17, 15) is 9.59 Å². The van der Waals surface area contributed by atoms with E-state index in [1.807, 2.05) is 48.5 Å². The van der Waals surface area contributed by atoms with E-state index in [2.05, 4.69) is 27.8 Å². The Balaban J connectivity index is 1.19. The Morgan fingerprint density at radius 2 is 1.43 bits per heavy atom. The van der Waals surface area contributed by atoms with Gasteiger partial charge < -0.3 is 20.1 Å². The van der Waals surface area contributed by atoms with Crippen molar-refractivity contribution in [3.8, 4) is 11.5 Å². The molecular weight excluding hydrogens is 595 g/mol. The summed E-state index contributed by atoms with van der Waals surface area (Å²) < 4.78 is 10.4. The molecule has 9 nitrogen and oxygen atoms in total. The van der Waals surface area contributed by atoms with Crippen LogP contribution in [0.4, 0.5) is 5.13 Å². The SMILES string of the molecule is COc1ccc(CC(=O)NC2=C(C)CCN=C(C3CCCCC(c4nnc(NC(=O)Cc5ccc(OC)cc5)s4)C3)S2)cc1. The maximum Gasteiger partial charge on any atom is 0.230 e. The van der Waals surface area contributed by atoms with Crippen LogP contribution in [0.2, 0.25) is 0 Å². The summed E-state index contributed by atoms with van der Waals surface area (Å²) >= 11 is 3.08. The zero-order chi connectivity index (χ0) is 30.9. The molecule has 3 aromatic rings. The molecule has 0 radical (unpaired) electrons. The standard InChI is InChI=1S/C33H39N5O4S2/c1-21-16-17-34-31(43-30(21)35-28(39)18-22-8-12-26(41-2)13-9-22)24-6-4-5-7-25(20-24)32-37-38-33(44-32)36-29(40)19-23-10-14-27(42-3)15-11-23/h8-15,24-25H,4-7,16-20H2,1-3H3,(H,35,39)(H,36,38,40). The molecular formula is C33H39N5O4S2. The van der Waals surface area contributed by atoms with E-state index in [4.69, 9.17) is 14.5 Å². The molecule has 2 atom stereocenters. The number of thioether (sulfide) groups is 1. The van der Waals surface area contributed by atoms with Crippen LogP contribution in [0, 0.1) is 5.92 Å². The van der Waals surface area contributed by atoms with Gasteiger partial charge in [0, 0.05) is 18.4 Å². The van der Waals surface area contributed by atoms with Gasteiger partial charge in [-0.3, -0.25) is 14.6 Å². The van der Waals surface area contributed by atoms with Gasteiger partial charge in [0.1, 0.15) is 16.5 Å². The minimum Gasteiger partial charge on any atom is -0.497 e. The summed E-state index contributed by atoms with van der Waals surface area (Å²) in [5.41, 5.74) is 3.00. The summed E-state index contributed by atoms with van der Waals surface area (Å²) in [6.45, 7) is 2.80. The van der Waals surface area contributed by atoms with Crippen LogP contribution >= 0.6 is 23.1 Å². The first kappa shape index (κ1) is 31.7. The number of hydrogen-bond acceptors (Lipinski definition) is 9. The lowest BCUT2D eigenvalue weighted by Crippen LogP contribution is -2.25. The molecule has 44 heavy (non-hydrogen) atoms. The summed E-state index contributed by atoms with van der Waals surface area (Å²) in [7, 11) is 3.25. The first-order chi connectivity index (χ1) is 21.4. The number of methoxy groups -OCH3 is 2. The van der Waals surface area contributed by atoms with E-state index < -0.39 is 0 Å². The Labute approximate surface area is 266 Å². The van der Waals surface area contributed by atoms with Crippen LogP contribution in [0.3, 0.4) is 0 Å². The molecule has 0 spiro atoms. The number of benzene rings is 2. The second-order valence-corrected chi connectivity index (χ2v) is 13.2. The predicted molar refractivity (Wildman–Crippen MR) is 177 cm³/mol. The number of hydrogen-bond donors (Lipinski definition) is 2. The third kappa shape index (κ3) is 8.69. The van der Waals surface area contributed by atoms with Crippen LogP contribution in [0.1, 0.15) is 67.5 Å². The third-order valence-corrected chi connectivity index (χ3v) is 10.3. The molecule has 232 valence electrons. The summed E-state index contributed by atoms with van der Waals surface area (Å²) in [6, 6.07) is 15.1. The maximum atomic E-state index is 13.0. The molecule has 0 bridgehead atoms. The van der Waals surface area contributed by atoms with E-state index in [-0.39, 0.29) is 30.1 Å². The van der Waals surface area contributed by atoms with Crippen LogP contribution < -0.4 is 20.1 Å². The largest absolute Gasteiger partial charge is 0.497 e. The summed E-state index contributed by atoms with van der Waals surface area (Å²) in [5, 5.41) is 18.4. The minimum atomic E-state index is -0.121. The number of rotatable bonds is 10. The second kappa shape index (κ2) is 15.3. The third-order valence-electron chi connectivity index (χ3n) is 7.96. The highest BCUT2D eigenvalue weighted by Gasteiger charge is 2.29. The molecule has 1 aliphatic heterocycles. The highest BCUT2D eigenvalue weighted by atomic mass is 32.2. The summed E-state index contributed by atoms with van der Waals surface area (Å²) in [5.74, 6) is 1.90. The van der Waals surface area contributed by atoms with Crippen LogP contribution in [0.25, 0.3) is 0 Å². The number of amides is 2. The first-order valence-electron chi connectivity index (χ1n) is 15.0. The van der Waals surface area contributed by atoms with Gasteiger partial charge >= 0.3 is 0 Å². The Morgan fingerprint density at radius 1 is 0.841 bits per heavy atom. The fourth-order valence-electron chi connectivity index (χ4n) is 5.47. The van der Waals surface area contributed by atoms with Crippen molar-refractivity contribution in [2.75, 3.05) is 26.1 Å². The molecule has 2 heterocycles. The Hall–Kier alpha value is -3.70. The van der Waals surface area contributed by atoms with Crippen LogP contribution in [0.15, 0.2) is 64.1 Å². The molecule has 2 amide bonds. The Bertz CT molecular complexity index is 1500. The van der Waals surface area contributed by atoms with Gasteiger partial charge in [-0.05, 0) is 73.6 Å². The Morgan fingerprint density at radius 3 is 2.05 bits per heavy atom. The summed E-state index contributed by atoms with van der Waals surface area (Å²) in [6.07, 6.45) is 6.61. The van der Waals surface area contributed by atoms with Crippen molar-refractivity contribution in [1.82, 2.24) is 15.5 Å². The highest BCUT2D eigenvalue weighted by molar-refractivity contribution is 8.17. The number of aromatic nitrogens is 2. The lowest BCUT2D eigenvalue weighted by molar-refractivity contribution is -0.119. The van der Waals surface area contributed by atoms with Gasteiger partial charge in [-0.2, -0.15) is 0 Å². The Kier molecular flexibility index (Phi) is 11.1. The number of ether oxygens (including phenoxy) is 2. The maximum absolute atomic E-state index is 13.0. The van der Waals surface area contributed by atoms with Gasteiger partial charge in [-0.25, -0.2) is 0 Å². The highest BCUT2D eigenvalue weighted by Crippen LogP contribution is 2.41. The normalized spacial score (nSPS) is 18.9. The number of nitrogens with one attached hydrogen (secondary N) is 2. The summed E-state index contributed by atoms with van der Waals surface area (Å²) in [4.78, 5) is 30.7. The van der Waals surface area contributed by atoms with Crippen molar-refractivity contribution in [1.29, 1.82) is 0 Å². The fraction of sp³-hybridized carbons (Fsp3) is 0.424. The van der Waals surface area contributed by atoms with E-state index in [1.165, 1.54) is 11.3 Å². The molecule has 1 fully saturated rings. The van der Waals surface area contributed by atoms with Gasteiger partial charge in [-0.1, -0.05) is 60.2 Å². The molecule has 2 aliphatic rings. The quantitative estimate of drug-likeness (QED) is 0.244. The van der Waals surface area contributed by atoms with Crippen molar-refractivity contribution in [3.63, 3.8) is 0 Å². The van der Waals surface area contributed by atoms with E-state index >= 15 is 0 Å². The van der Waals surface area contributed by atoms with Crippen molar-refractivity contribution >= 4 is 45.1 Å². The number of nitrogens with zero attached hydrogens (tertiary/aromatic N) is 3.